The quantitative estimate of drug-likeness (QED) is 0.374. The lowest BCUT2D eigenvalue weighted by Crippen LogP contribution is -2.39. The van der Waals surface area contributed by atoms with Crippen LogP contribution in [0, 0.1) is 5.92 Å². The van der Waals surface area contributed by atoms with Gasteiger partial charge in [0.25, 0.3) is 0 Å². The number of ether oxygens (including phenoxy) is 1. The summed E-state index contributed by atoms with van der Waals surface area (Å²) in [5.41, 5.74) is 0. The van der Waals surface area contributed by atoms with E-state index in [0.29, 0.717) is 0 Å². The highest BCUT2D eigenvalue weighted by Gasteiger charge is 2.20. The van der Waals surface area contributed by atoms with Crippen LogP contribution in [0.4, 0.5) is 0 Å². The molecule has 0 bridgehead atoms. The van der Waals surface area contributed by atoms with Crippen LogP contribution in [0.15, 0.2) is 4.99 Å². The van der Waals surface area contributed by atoms with Gasteiger partial charge in [-0.15, -0.1) is 0 Å². The van der Waals surface area contributed by atoms with Crippen LogP contribution in [-0.2, 0) is 4.74 Å². The van der Waals surface area contributed by atoms with Gasteiger partial charge in [0.05, 0.1) is 6.61 Å². The third kappa shape index (κ3) is 6.67. The lowest BCUT2D eigenvalue weighted by atomic mass is 10.4. The van der Waals surface area contributed by atoms with Gasteiger partial charge in [0.15, 0.2) is 5.96 Å². The molecule has 0 saturated heterocycles. The van der Waals surface area contributed by atoms with E-state index in [4.69, 9.17) is 4.74 Å². The molecule has 0 unspecified atom stereocenters. The van der Waals surface area contributed by atoms with E-state index in [1.165, 1.54) is 19.3 Å². The Balaban J connectivity index is 1.91. The summed E-state index contributed by atoms with van der Waals surface area (Å²) in [6, 6.07) is 0. The molecule has 1 aliphatic rings. The predicted molar refractivity (Wildman–Crippen MR) is 67.8 cm³/mol. The zero-order chi connectivity index (χ0) is 11.6. The molecule has 0 aliphatic heterocycles. The van der Waals surface area contributed by atoms with E-state index in [1.54, 1.807) is 7.05 Å². The Morgan fingerprint density at radius 1 is 1.31 bits per heavy atom. The lowest BCUT2D eigenvalue weighted by Gasteiger charge is -2.11. The SMILES string of the molecule is CCCCOCCNC(=NC)NCC1CC1. The third-order valence-corrected chi connectivity index (χ3v) is 2.66. The number of hydrogen-bond donors (Lipinski definition) is 2. The van der Waals surface area contributed by atoms with Crippen molar-refractivity contribution in [3.05, 3.63) is 0 Å². The number of rotatable bonds is 8. The molecule has 1 rings (SSSR count). The molecular weight excluding hydrogens is 202 g/mol. The van der Waals surface area contributed by atoms with Crippen molar-refractivity contribution in [2.24, 2.45) is 10.9 Å². The highest BCUT2D eigenvalue weighted by Crippen LogP contribution is 2.27. The molecule has 0 heterocycles. The van der Waals surface area contributed by atoms with Crippen molar-refractivity contribution in [1.82, 2.24) is 10.6 Å². The molecule has 0 aromatic heterocycles. The van der Waals surface area contributed by atoms with E-state index >= 15 is 0 Å². The zero-order valence-corrected chi connectivity index (χ0v) is 10.6. The van der Waals surface area contributed by atoms with Crippen LogP contribution >= 0.6 is 0 Å². The van der Waals surface area contributed by atoms with E-state index in [1.807, 2.05) is 0 Å². The smallest absolute Gasteiger partial charge is 0.191 e. The fraction of sp³-hybridized carbons (Fsp3) is 0.917. The van der Waals surface area contributed by atoms with Crippen molar-refractivity contribution in [3.63, 3.8) is 0 Å². The van der Waals surface area contributed by atoms with E-state index < -0.39 is 0 Å². The standard InChI is InChI=1S/C12H25N3O/c1-3-4-8-16-9-7-14-12(13-2)15-10-11-5-6-11/h11H,3-10H2,1-2H3,(H2,13,14,15). The summed E-state index contributed by atoms with van der Waals surface area (Å²) in [4.78, 5) is 4.16. The van der Waals surface area contributed by atoms with Gasteiger partial charge in [-0.25, -0.2) is 0 Å². The van der Waals surface area contributed by atoms with Gasteiger partial charge in [0.1, 0.15) is 0 Å². The van der Waals surface area contributed by atoms with Gasteiger partial charge in [-0.3, -0.25) is 4.99 Å². The molecule has 0 atom stereocenters. The molecule has 16 heavy (non-hydrogen) atoms. The summed E-state index contributed by atoms with van der Waals surface area (Å²) < 4.78 is 5.46. The molecule has 94 valence electrons. The van der Waals surface area contributed by atoms with Gasteiger partial charge >= 0.3 is 0 Å². The second-order valence-electron chi connectivity index (χ2n) is 4.29. The van der Waals surface area contributed by atoms with Crippen LogP contribution < -0.4 is 10.6 Å². The molecular formula is C12H25N3O. The monoisotopic (exact) mass is 227 g/mol. The van der Waals surface area contributed by atoms with Crippen LogP contribution in [0.2, 0.25) is 0 Å². The Labute approximate surface area is 98.9 Å². The zero-order valence-electron chi connectivity index (χ0n) is 10.6. The topological polar surface area (TPSA) is 45.6 Å². The highest BCUT2D eigenvalue weighted by molar-refractivity contribution is 5.79. The number of nitrogens with one attached hydrogen (secondary N) is 2. The first-order valence-corrected chi connectivity index (χ1v) is 6.39. The molecule has 0 radical (unpaired) electrons. The van der Waals surface area contributed by atoms with E-state index in [2.05, 4.69) is 22.5 Å². The molecule has 0 aromatic rings. The molecule has 1 saturated carbocycles. The Bertz CT molecular complexity index is 202. The molecule has 0 aromatic carbocycles. The summed E-state index contributed by atoms with van der Waals surface area (Å²) >= 11 is 0. The number of nitrogens with zero attached hydrogens (tertiary/aromatic N) is 1. The number of hydrogen-bond acceptors (Lipinski definition) is 2. The van der Waals surface area contributed by atoms with E-state index in [-0.39, 0.29) is 0 Å². The lowest BCUT2D eigenvalue weighted by molar-refractivity contribution is 0.136. The highest BCUT2D eigenvalue weighted by atomic mass is 16.5. The van der Waals surface area contributed by atoms with Crippen LogP contribution in [0.25, 0.3) is 0 Å². The molecule has 4 heteroatoms. The molecule has 0 amide bonds. The Morgan fingerprint density at radius 2 is 2.12 bits per heavy atom. The number of aliphatic imine (C=N–C) groups is 1. The molecule has 1 fully saturated rings. The van der Waals surface area contributed by atoms with Crippen LogP contribution in [0.1, 0.15) is 32.6 Å². The third-order valence-electron chi connectivity index (χ3n) is 2.66. The second-order valence-corrected chi connectivity index (χ2v) is 4.29. The maximum absolute atomic E-state index is 5.46. The van der Waals surface area contributed by atoms with Crippen molar-refractivity contribution >= 4 is 5.96 Å². The molecule has 4 nitrogen and oxygen atoms in total. The van der Waals surface area contributed by atoms with Gasteiger partial charge in [-0.05, 0) is 25.2 Å². The van der Waals surface area contributed by atoms with Crippen molar-refractivity contribution in [2.45, 2.75) is 32.6 Å². The minimum atomic E-state index is 0.754. The number of unbranched alkanes of at least 4 members (excludes halogenated alkanes) is 1. The average molecular weight is 227 g/mol. The summed E-state index contributed by atoms with van der Waals surface area (Å²) in [6.07, 6.45) is 5.07. The predicted octanol–water partition coefficient (Wildman–Crippen LogP) is 1.38. The summed E-state index contributed by atoms with van der Waals surface area (Å²) in [5.74, 6) is 1.77. The number of guanidine groups is 1. The van der Waals surface area contributed by atoms with Gasteiger partial charge in [0.2, 0.25) is 0 Å². The maximum atomic E-state index is 5.46. The van der Waals surface area contributed by atoms with Crippen LogP contribution in [-0.4, -0.2) is 39.3 Å². The minimum Gasteiger partial charge on any atom is -0.380 e. The largest absolute Gasteiger partial charge is 0.380 e. The molecule has 0 spiro atoms. The van der Waals surface area contributed by atoms with E-state index in [9.17, 15) is 0 Å². The first-order chi connectivity index (χ1) is 7.86. The van der Waals surface area contributed by atoms with Crippen LogP contribution in [0.3, 0.4) is 0 Å². The first-order valence-electron chi connectivity index (χ1n) is 6.39. The molecule has 1 aliphatic carbocycles. The van der Waals surface area contributed by atoms with Crippen molar-refractivity contribution in [1.29, 1.82) is 0 Å². The molecule has 2 N–H and O–H groups in total. The van der Waals surface area contributed by atoms with Crippen molar-refractivity contribution in [2.75, 3.05) is 33.4 Å². The second kappa shape index (κ2) is 8.39. The van der Waals surface area contributed by atoms with E-state index in [0.717, 1.165) is 44.6 Å². The maximum Gasteiger partial charge on any atom is 0.191 e. The normalized spacial score (nSPS) is 16.2. The summed E-state index contributed by atoms with van der Waals surface area (Å²) in [5, 5.41) is 6.56. The van der Waals surface area contributed by atoms with Crippen molar-refractivity contribution < 1.29 is 4.74 Å². The minimum absolute atomic E-state index is 0.754. The summed E-state index contributed by atoms with van der Waals surface area (Å²) in [6.45, 7) is 5.67. The first kappa shape index (κ1) is 13.3. The summed E-state index contributed by atoms with van der Waals surface area (Å²) in [7, 11) is 1.81. The van der Waals surface area contributed by atoms with Gasteiger partial charge in [-0.2, -0.15) is 0 Å². The van der Waals surface area contributed by atoms with Gasteiger partial charge in [-0.1, -0.05) is 13.3 Å². The fourth-order valence-electron chi connectivity index (χ4n) is 1.37. The Kier molecular flexibility index (Phi) is 6.97. The fourth-order valence-corrected chi connectivity index (χ4v) is 1.37. The van der Waals surface area contributed by atoms with Crippen molar-refractivity contribution in [3.8, 4) is 0 Å². The van der Waals surface area contributed by atoms with Gasteiger partial charge in [0, 0.05) is 26.7 Å². The Hall–Kier alpha value is -0.770. The Morgan fingerprint density at radius 3 is 2.75 bits per heavy atom. The van der Waals surface area contributed by atoms with Crippen LogP contribution in [0.5, 0.6) is 0 Å². The van der Waals surface area contributed by atoms with Gasteiger partial charge < -0.3 is 15.4 Å². The average Bonchev–Trinajstić information content (AvgIpc) is 3.11.